The average molecular weight is 397 g/mol. The summed E-state index contributed by atoms with van der Waals surface area (Å²) in [4.78, 5) is 11.3. The third-order valence-electron chi connectivity index (χ3n) is 3.31. The second-order valence-electron chi connectivity index (χ2n) is 6.13. The third-order valence-corrected chi connectivity index (χ3v) is 3.31. The lowest BCUT2D eigenvalue weighted by Crippen LogP contribution is -2.35. The Kier molecular flexibility index (Phi) is 19.3. The van der Waals surface area contributed by atoms with Crippen LogP contribution in [0.3, 0.4) is 0 Å². The highest BCUT2D eigenvalue weighted by Crippen LogP contribution is 1.94. The fourth-order valence-corrected chi connectivity index (χ4v) is 1.74. The number of rotatable bonds is 20. The SMILES string of the molecule is CNCCOCCOCCOCCOCCOCC(F)CNC(=O)C(C)C. The van der Waals surface area contributed by atoms with Gasteiger partial charge in [0.2, 0.25) is 5.91 Å². The van der Waals surface area contributed by atoms with Crippen LogP contribution in [0.2, 0.25) is 0 Å². The minimum atomic E-state index is -1.22. The number of hydrogen-bond donors (Lipinski definition) is 2. The summed E-state index contributed by atoms with van der Waals surface area (Å²) in [7, 11) is 1.88. The first kappa shape index (κ1) is 26.2. The maximum atomic E-state index is 13.5. The van der Waals surface area contributed by atoms with E-state index in [0.717, 1.165) is 6.54 Å². The van der Waals surface area contributed by atoms with Gasteiger partial charge in [-0.2, -0.15) is 0 Å². The fourth-order valence-electron chi connectivity index (χ4n) is 1.74. The van der Waals surface area contributed by atoms with E-state index in [4.69, 9.17) is 23.7 Å². The van der Waals surface area contributed by atoms with Gasteiger partial charge in [-0.05, 0) is 7.05 Å². The molecular formula is C18H37FN2O6. The van der Waals surface area contributed by atoms with Gasteiger partial charge in [-0.3, -0.25) is 4.79 Å². The molecule has 0 saturated carbocycles. The molecule has 0 aliphatic rings. The third kappa shape index (κ3) is 19.7. The number of halogens is 1. The summed E-state index contributed by atoms with van der Waals surface area (Å²) in [6.07, 6.45) is -1.22. The molecule has 0 aromatic rings. The van der Waals surface area contributed by atoms with Gasteiger partial charge >= 0.3 is 0 Å². The lowest BCUT2D eigenvalue weighted by molar-refractivity contribution is -0.124. The molecule has 1 amide bonds. The number of ether oxygens (including phenoxy) is 5. The number of carbonyl (C=O) groups excluding carboxylic acids is 1. The number of nitrogens with one attached hydrogen (secondary N) is 2. The maximum absolute atomic E-state index is 13.5. The Bertz CT molecular complexity index is 337. The molecule has 9 heteroatoms. The highest BCUT2D eigenvalue weighted by Gasteiger charge is 2.11. The minimum Gasteiger partial charge on any atom is -0.378 e. The summed E-state index contributed by atoms with van der Waals surface area (Å²) in [5.41, 5.74) is 0. The molecule has 0 heterocycles. The van der Waals surface area contributed by atoms with E-state index in [1.807, 2.05) is 7.05 Å². The summed E-state index contributed by atoms with van der Waals surface area (Å²) in [6, 6.07) is 0. The highest BCUT2D eigenvalue weighted by molar-refractivity contribution is 5.77. The molecule has 0 saturated heterocycles. The normalized spacial score (nSPS) is 12.5. The van der Waals surface area contributed by atoms with Crippen molar-refractivity contribution in [3.8, 4) is 0 Å². The predicted octanol–water partition coefficient (Wildman–Crippen LogP) is 0.399. The van der Waals surface area contributed by atoms with E-state index in [9.17, 15) is 9.18 Å². The second kappa shape index (κ2) is 19.9. The number of hydrogen-bond acceptors (Lipinski definition) is 7. The molecule has 0 radical (unpaired) electrons. The van der Waals surface area contributed by atoms with Crippen molar-refractivity contribution in [2.75, 3.05) is 86.2 Å². The molecule has 1 unspecified atom stereocenters. The van der Waals surface area contributed by atoms with Gasteiger partial charge in [0.25, 0.3) is 0 Å². The van der Waals surface area contributed by atoms with Crippen molar-refractivity contribution in [3.63, 3.8) is 0 Å². The van der Waals surface area contributed by atoms with Crippen LogP contribution in [0.1, 0.15) is 13.8 Å². The van der Waals surface area contributed by atoms with E-state index < -0.39 is 6.17 Å². The van der Waals surface area contributed by atoms with Crippen LogP contribution in [0.4, 0.5) is 4.39 Å². The van der Waals surface area contributed by atoms with Crippen LogP contribution in [-0.2, 0) is 28.5 Å². The van der Waals surface area contributed by atoms with Gasteiger partial charge in [0.05, 0.1) is 72.6 Å². The topological polar surface area (TPSA) is 87.3 Å². The van der Waals surface area contributed by atoms with Crippen molar-refractivity contribution in [1.82, 2.24) is 10.6 Å². The quantitative estimate of drug-likeness (QED) is 0.288. The van der Waals surface area contributed by atoms with E-state index in [1.165, 1.54) is 0 Å². The van der Waals surface area contributed by atoms with Crippen molar-refractivity contribution >= 4 is 5.91 Å². The second-order valence-corrected chi connectivity index (χ2v) is 6.13. The Labute approximate surface area is 162 Å². The van der Waals surface area contributed by atoms with Crippen LogP contribution < -0.4 is 10.6 Å². The molecule has 0 aliphatic heterocycles. The first-order chi connectivity index (χ1) is 13.1. The van der Waals surface area contributed by atoms with Crippen molar-refractivity contribution in [1.29, 1.82) is 0 Å². The molecule has 0 bridgehead atoms. The monoisotopic (exact) mass is 396 g/mol. The van der Waals surface area contributed by atoms with Gasteiger partial charge in [-0.15, -0.1) is 0 Å². The molecule has 0 aromatic heterocycles. The van der Waals surface area contributed by atoms with Gasteiger partial charge in [0.15, 0.2) is 0 Å². The molecule has 8 nitrogen and oxygen atoms in total. The maximum Gasteiger partial charge on any atom is 0.222 e. The number of carbonyl (C=O) groups is 1. The molecule has 2 N–H and O–H groups in total. The Morgan fingerprint density at radius 3 is 1.70 bits per heavy atom. The lowest BCUT2D eigenvalue weighted by Gasteiger charge is -2.12. The largest absolute Gasteiger partial charge is 0.378 e. The number of likely N-dealkylation sites (N-methyl/N-ethyl adjacent to an activating group) is 1. The molecule has 0 aliphatic carbocycles. The standard InChI is InChI=1S/C18H37FN2O6/c1-16(2)18(22)21-14-17(19)15-27-13-12-26-11-10-25-9-8-24-7-6-23-5-4-20-3/h16-17,20H,4-15H2,1-3H3,(H,21,22). The predicted molar refractivity (Wildman–Crippen MR) is 101 cm³/mol. The van der Waals surface area contributed by atoms with Gasteiger partial charge in [0, 0.05) is 12.5 Å². The van der Waals surface area contributed by atoms with Crippen molar-refractivity contribution in [2.24, 2.45) is 5.92 Å². The van der Waals surface area contributed by atoms with Crippen LogP contribution in [0.25, 0.3) is 0 Å². The summed E-state index contributed by atoms with van der Waals surface area (Å²) >= 11 is 0. The van der Waals surface area contributed by atoms with E-state index >= 15 is 0 Å². The zero-order valence-electron chi connectivity index (χ0n) is 17.0. The van der Waals surface area contributed by atoms with E-state index in [0.29, 0.717) is 59.5 Å². The van der Waals surface area contributed by atoms with Gasteiger partial charge in [0.1, 0.15) is 6.17 Å². The molecule has 27 heavy (non-hydrogen) atoms. The minimum absolute atomic E-state index is 0.0319. The van der Waals surface area contributed by atoms with Crippen LogP contribution in [-0.4, -0.2) is 98.3 Å². The Morgan fingerprint density at radius 1 is 0.815 bits per heavy atom. The summed E-state index contributed by atoms with van der Waals surface area (Å²) < 4.78 is 40.0. The number of amides is 1. The van der Waals surface area contributed by atoms with Crippen LogP contribution in [0.5, 0.6) is 0 Å². The fraction of sp³-hybridized carbons (Fsp3) is 0.944. The molecule has 0 aromatic carbocycles. The molecule has 1 atom stereocenters. The van der Waals surface area contributed by atoms with Gasteiger partial charge in [-0.1, -0.05) is 13.8 Å². The van der Waals surface area contributed by atoms with E-state index in [2.05, 4.69) is 10.6 Å². The summed E-state index contributed by atoms with van der Waals surface area (Å²) in [6.45, 7) is 8.67. The van der Waals surface area contributed by atoms with Crippen molar-refractivity contribution in [2.45, 2.75) is 20.0 Å². The number of alkyl halides is 1. The van der Waals surface area contributed by atoms with Crippen LogP contribution >= 0.6 is 0 Å². The smallest absolute Gasteiger partial charge is 0.222 e. The summed E-state index contributed by atoms with van der Waals surface area (Å²) in [5, 5.41) is 5.52. The lowest BCUT2D eigenvalue weighted by atomic mass is 10.2. The van der Waals surface area contributed by atoms with Crippen LogP contribution in [0.15, 0.2) is 0 Å². The molecule has 0 spiro atoms. The molecular weight excluding hydrogens is 359 g/mol. The molecule has 0 rings (SSSR count). The highest BCUT2D eigenvalue weighted by atomic mass is 19.1. The average Bonchev–Trinajstić information content (AvgIpc) is 2.65. The van der Waals surface area contributed by atoms with Gasteiger partial charge in [-0.25, -0.2) is 4.39 Å². The van der Waals surface area contributed by atoms with E-state index in [1.54, 1.807) is 13.8 Å². The summed E-state index contributed by atoms with van der Waals surface area (Å²) in [5.74, 6) is -0.313. The Hall–Kier alpha value is -0.840. The molecule has 162 valence electrons. The van der Waals surface area contributed by atoms with Crippen molar-refractivity contribution in [3.05, 3.63) is 0 Å². The molecule has 0 fully saturated rings. The van der Waals surface area contributed by atoms with Crippen LogP contribution in [0, 0.1) is 5.92 Å². The Morgan fingerprint density at radius 2 is 1.26 bits per heavy atom. The van der Waals surface area contributed by atoms with Gasteiger partial charge < -0.3 is 34.3 Å². The zero-order valence-corrected chi connectivity index (χ0v) is 17.0. The Balaban J connectivity index is 3.17. The van der Waals surface area contributed by atoms with E-state index in [-0.39, 0.29) is 25.0 Å². The zero-order chi connectivity index (χ0) is 20.2. The first-order valence-electron chi connectivity index (χ1n) is 9.53. The first-order valence-corrected chi connectivity index (χ1v) is 9.53. The van der Waals surface area contributed by atoms with Crippen molar-refractivity contribution < 1.29 is 32.9 Å².